The van der Waals surface area contributed by atoms with Gasteiger partial charge in [0.15, 0.2) is 0 Å². The average molecular weight is 698 g/mol. The molecule has 0 fully saturated rings. The molecule has 0 bridgehead atoms. The fourth-order valence-corrected chi connectivity index (χ4v) is 7.11. The van der Waals surface area contributed by atoms with Gasteiger partial charge >= 0.3 is 5.13 Å². The number of unbranched alkanes of at least 4 members (excludes halogenated alkanes) is 9. The Morgan fingerprint density at radius 3 is 2.00 bits per heavy atom. The lowest BCUT2D eigenvalue weighted by molar-refractivity contribution is -0.846. The Balaban J connectivity index is 0.000000196. The van der Waals surface area contributed by atoms with E-state index in [2.05, 4.69) is 61.7 Å². The van der Waals surface area contributed by atoms with E-state index in [9.17, 15) is 13.0 Å². The zero-order valence-electron chi connectivity index (χ0n) is 28.5. The highest BCUT2D eigenvalue weighted by molar-refractivity contribution is 7.85. The third kappa shape index (κ3) is 10.7. The SMILES string of the molecule is CCCCCCCCCCCCc1ccc(S(=O)(=O)[O-])cc1.Cc1ccc(N2NC(c3ccccc3)=N[NH+]2c2nc3ccccc3s2)cc1. The summed E-state index contributed by atoms with van der Waals surface area (Å²) >= 11 is 1.66. The van der Waals surface area contributed by atoms with Crippen LogP contribution in [0.3, 0.4) is 0 Å². The van der Waals surface area contributed by atoms with Crippen molar-refractivity contribution in [3.63, 3.8) is 0 Å². The molecule has 1 atom stereocenters. The molecule has 6 rings (SSSR count). The van der Waals surface area contributed by atoms with Gasteiger partial charge in [-0.15, -0.1) is 0 Å². The second-order valence-corrected chi connectivity index (χ2v) is 14.9. The molecule has 0 saturated carbocycles. The van der Waals surface area contributed by atoms with Crippen molar-refractivity contribution in [3.05, 3.63) is 120 Å². The van der Waals surface area contributed by atoms with Crippen LogP contribution in [-0.4, -0.2) is 23.8 Å². The number of anilines is 1. The van der Waals surface area contributed by atoms with E-state index >= 15 is 0 Å². The Morgan fingerprint density at radius 2 is 1.37 bits per heavy atom. The maximum atomic E-state index is 10.8. The number of hydrazine groups is 1. The van der Waals surface area contributed by atoms with Gasteiger partial charge in [0.05, 0.1) is 15.1 Å². The molecular weight excluding hydrogens is 651 g/mol. The van der Waals surface area contributed by atoms with Gasteiger partial charge < -0.3 is 4.55 Å². The van der Waals surface area contributed by atoms with E-state index in [1.165, 1.54) is 75.5 Å². The molecule has 5 aromatic rings. The summed E-state index contributed by atoms with van der Waals surface area (Å²) in [5.74, 6) is 0.824. The predicted molar refractivity (Wildman–Crippen MR) is 200 cm³/mol. The Kier molecular flexibility index (Phi) is 13.3. The minimum absolute atomic E-state index is 0.140. The molecule has 0 spiro atoms. The first-order chi connectivity index (χ1) is 23.8. The first-order valence-electron chi connectivity index (χ1n) is 17.4. The van der Waals surface area contributed by atoms with Gasteiger partial charge in [-0.2, -0.15) is 4.98 Å². The average Bonchev–Trinajstić information content (AvgIpc) is 3.75. The highest BCUT2D eigenvalue weighted by Gasteiger charge is 2.34. The minimum atomic E-state index is -4.31. The molecule has 2 heterocycles. The van der Waals surface area contributed by atoms with Crippen LogP contribution in [-0.2, 0) is 16.5 Å². The molecule has 2 N–H and O–H groups in total. The van der Waals surface area contributed by atoms with Gasteiger partial charge in [-0.05, 0) is 71.9 Å². The summed E-state index contributed by atoms with van der Waals surface area (Å²) < 4.78 is 33.7. The van der Waals surface area contributed by atoms with Gasteiger partial charge in [0.2, 0.25) is 5.84 Å². The molecule has 0 saturated heterocycles. The predicted octanol–water partition coefficient (Wildman–Crippen LogP) is 8.48. The van der Waals surface area contributed by atoms with Crippen molar-refractivity contribution in [1.29, 1.82) is 0 Å². The smallest absolute Gasteiger partial charge is 0.339 e. The fraction of sp³-hybridized carbons (Fsp3) is 0.333. The molecule has 0 amide bonds. The molecule has 1 aromatic heterocycles. The Labute approximate surface area is 295 Å². The summed E-state index contributed by atoms with van der Waals surface area (Å²) in [6.45, 7) is 4.33. The first kappa shape index (κ1) is 36.2. The number of hydrogen-bond donors (Lipinski definition) is 2. The number of nitrogens with one attached hydrogen (secondary N) is 2. The number of hydrogen-bond acceptors (Lipinski definition) is 8. The Hall–Kier alpha value is -4.09. The van der Waals surface area contributed by atoms with Crippen molar-refractivity contribution >= 4 is 48.3 Å². The van der Waals surface area contributed by atoms with Gasteiger partial charge in [0, 0.05) is 5.56 Å². The van der Waals surface area contributed by atoms with E-state index in [4.69, 9.17) is 10.1 Å². The third-order valence-corrected chi connectivity index (χ3v) is 10.4. The molecule has 1 aliphatic rings. The van der Waals surface area contributed by atoms with E-state index in [0.29, 0.717) is 0 Å². The zero-order chi connectivity index (χ0) is 34.5. The Morgan fingerprint density at radius 1 is 0.755 bits per heavy atom. The number of thiazole rings is 1. The number of aryl methyl sites for hydroxylation is 2. The maximum absolute atomic E-state index is 10.8. The highest BCUT2D eigenvalue weighted by Crippen LogP contribution is 2.24. The van der Waals surface area contributed by atoms with Crippen LogP contribution in [0.4, 0.5) is 10.8 Å². The summed E-state index contributed by atoms with van der Waals surface area (Å²) in [4.78, 5) is 4.67. The molecule has 8 nitrogen and oxygen atoms in total. The Bertz CT molecular complexity index is 1840. The molecule has 258 valence electrons. The van der Waals surface area contributed by atoms with Gasteiger partial charge in [-0.1, -0.05) is 153 Å². The number of benzene rings is 4. The number of quaternary nitrogens is 1. The van der Waals surface area contributed by atoms with Crippen molar-refractivity contribution in [3.8, 4) is 0 Å². The van der Waals surface area contributed by atoms with Gasteiger partial charge in [-0.3, -0.25) is 0 Å². The van der Waals surface area contributed by atoms with E-state index in [-0.39, 0.29) is 4.90 Å². The molecule has 1 unspecified atom stereocenters. The van der Waals surface area contributed by atoms with Crippen molar-refractivity contribution in [2.75, 3.05) is 5.12 Å². The van der Waals surface area contributed by atoms with Crippen LogP contribution in [0, 0.1) is 6.92 Å². The molecule has 0 radical (unpaired) electrons. The molecule has 0 aliphatic carbocycles. The second kappa shape index (κ2) is 18.1. The van der Waals surface area contributed by atoms with E-state index in [1.54, 1.807) is 23.5 Å². The van der Waals surface area contributed by atoms with Crippen LogP contribution in [0.1, 0.15) is 87.8 Å². The van der Waals surface area contributed by atoms with E-state index < -0.39 is 10.1 Å². The number of nitrogens with zero attached hydrogens (tertiary/aromatic N) is 3. The van der Waals surface area contributed by atoms with E-state index in [1.807, 2.05) is 41.5 Å². The van der Waals surface area contributed by atoms with Crippen molar-refractivity contribution in [2.24, 2.45) is 5.10 Å². The van der Waals surface area contributed by atoms with Crippen molar-refractivity contribution in [1.82, 2.24) is 10.4 Å². The van der Waals surface area contributed by atoms with Gasteiger partial charge in [-0.25, -0.2) is 13.8 Å². The number of para-hydroxylation sites is 1. The quantitative estimate of drug-likeness (QED) is 0.0841. The van der Waals surface area contributed by atoms with Crippen LogP contribution in [0.25, 0.3) is 10.2 Å². The van der Waals surface area contributed by atoms with Crippen LogP contribution in [0.15, 0.2) is 113 Å². The highest BCUT2D eigenvalue weighted by atomic mass is 32.2. The first-order valence-corrected chi connectivity index (χ1v) is 19.6. The molecule has 4 aromatic carbocycles. The van der Waals surface area contributed by atoms with Crippen LogP contribution in [0.2, 0.25) is 0 Å². The van der Waals surface area contributed by atoms with Crippen molar-refractivity contribution in [2.45, 2.75) is 89.4 Å². The van der Waals surface area contributed by atoms with Crippen LogP contribution in [0.5, 0.6) is 0 Å². The van der Waals surface area contributed by atoms with Gasteiger partial charge in [0.1, 0.15) is 15.8 Å². The lowest BCUT2D eigenvalue weighted by Crippen LogP contribution is -3.10. The largest absolute Gasteiger partial charge is 0.744 e. The summed E-state index contributed by atoms with van der Waals surface area (Å²) in [6.07, 6.45) is 14.0. The number of rotatable bonds is 15. The van der Waals surface area contributed by atoms with Gasteiger partial charge in [0.25, 0.3) is 0 Å². The topological polar surface area (TPSA) is 102 Å². The summed E-state index contributed by atoms with van der Waals surface area (Å²) in [5, 5.41) is 8.63. The van der Waals surface area contributed by atoms with Crippen LogP contribution >= 0.6 is 11.3 Å². The monoisotopic (exact) mass is 697 g/mol. The van der Waals surface area contributed by atoms with Crippen LogP contribution < -0.4 is 15.7 Å². The normalized spacial score (nSPS) is 14.3. The maximum Gasteiger partial charge on any atom is 0.339 e. The summed E-state index contributed by atoms with van der Waals surface area (Å²) in [5.41, 5.74) is 8.85. The lowest BCUT2D eigenvalue weighted by atomic mass is 10.0. The molecule has 1 aliphatic heterocycles. The minimum Gasteiger partial charge on any atom is -0.744 e. The molecule has 10 heteroatoms. The second-order valence-electron chi connectivity index (χ2n) is 12.4. The lowest BCUT2D eigenvalue weighted by Gasteiger charge is -2.19. The fourth-order valence-electron chi connectivity index (χ4n) is 5.70. The molecule has 49 heavy (non-hydrogen) atoms. The molecular formula is C39H47N5O3S2. The number of aromatic nitrogens is 1. The summed E-state index contributed by atoms with van der Waals surface area (Å²) in [7, 11) is -4.31. The summed E-state index contributed by atoms with van der Waals surface area (Å²) in [6, 6.07) is 33.1. The third-order valence-electron chi connectivity index (χ3n) is 8.50. The van der Waals surface area contributed by atoms with Crippen molar-refractivity contribution < 1.29 is 18.1 Å². The number of amidine groups is 1. The number of fused-ring (bicyclic) bond motifs is 1. The zero-order valence-corrected chi connectivity index (χ0v) is 30.1. The van der Waals surface area contributed by atoms with E-state index in [0.717, 1.165) is 56.0 Å². The standard InChI is InChI=1S/C21H17N5S.C18H30O3S/c1-15-11-13-17(14-12-15)25-23-20(16-7-3-2-4-8-16)24-26(25)21-22-18-9-5-6-10-19(18)27-21;1-2-3-4-5-6-7-8-9-10-11-12-17-13-15-18(16-14-17)22(19,20)21/h2-14H,1H3,(H,23,24);13-16H,2-12H2,1H3,(H,19,20,21).